The Morgan fingerprint density at radius 2 is 2.00 bits per heavy atom. The molecule has 0 unspecified atom stereocenters. The van der Waals surface area contributed by atoms with E-state index in [2.05, 4.69) is 10.6 Å². The molecule has 0 atom stereocenters. The van der Waals surface area contributed by atoms with E-state index in [0.29, 0.717) is 31.7 Å². The number of rotatable bonds is 7. The first kappa shape index (κ1) is 19.0. The van der Waals surface area contributed by atoms with Crippen LogP contribution in [0.5, 0.6) is 5.75 Å². The zero-order valence-electron chi connectivity index (χ0n) is 15.3. The van der Waals surface area contributed by atoms with Gasteiger partial charge in [0.2, 0.25) is 15.9 Å². The molecule has 1 heterocycles. The molecule has 0 radical (unpaired) electrons. The molecule has 0 aromatic heterocycles. The minimum absolute atomic E-state index is 0.0450. The Balaban J connectivity index is 1.80. The van der Waals surface area contributed by atoms with E-state index in [-0.39, 0.29) is 17.7 Å². The second kappa shape index (κ2) is 7.44. The molecule has 8 heteroatoms. The Morgan fingerprint density at radius 1 is 1.31 bits per heavy atom. The van der Waals surface area contributed by atoms with Gasteiger partial charge in [-0.05, 0) is 44.7 Å². The Bertz CT molecular complexity index is 753. The summed E-state index contributed by atoms with van der Waals surface area (Å²) in [6.07, 6.45) is 2.89. The minimum Gasteiger partial charge on any atom is -0.497 e. The van der Waals surface area contributed by atoms with Crippen LogP contribution in [0.4, 0.5) is 5.69 Å². The van der Waals surface area contributed by atoms with Crippen LogP contribution in [-0.2, 0) is 14.8 Å². The van der Waals surface area contributed by atoms with Crippen molar-refractivity contribution < 1.29 is 17.9 Å². The fourth-order valence-corrected chi connectivity index (χ4v) is 4.37. The molecule has 7 nitrogen and oxygen atoms in total. The van der Waals surface area contributed by atoms with E-state index in [1.807, 2.05) is 24.3 Å². The van der Waals surface area contributed by atoms with Crippen molar-refractivity contribution in [2.24, 2.45) is 0 Å². The maximum atomic E-state index is 13.0. The summed E-state index contributed by atoms with van der Waals surface area (Å²) in [7, 11) is -1.64. The zero-order valence-corrected chi connectivity index (χ0v) is 16.1. The summed E-state index contributed by atoms with van der Waals surface area (Å²) < 4.78 is 31.1. The Labute approximate surface area is 155 Å². The fourth-order valence-electron chi connectivity index (χ4n) is 3.27. The van der Waals surface area contributed by atoms with Gasteiger partial charge in [-0.25, -0.2) is 12.7 Å². The molecule has 3 rings (SSSR count). The van der Waals surface area contributed by atoms with Gasteiger partial charge in [0.25, 0.3) is 0 Å². The monoisotopic (exact) mass is 381 g/mol. The van der Waals surface area contributed by atoms with Crippen LogP contribution in [0.25, 0.3) is 0 Å². The second-order valence-corrected chi connectivity index (χ2v) is 9.24. The van der Waals surface area contributed by atoms with Crippen LogP contribution in [0.1, 0.15) is 32.6 Å². The molecule has 1 aromatic carbocycles. The average molecular weight is 381 g/mol. The van der Waals surface area contributed by atoms with Gasteiger partial charge in [-0.3, -0.25) is 4.79 Å². The number of benzene rings is 1. The van der Waals surface area contributed by atoms with Gasteiger partial charge in [-0.2, -0.15) is 0 Å². The maximum absolute atomic E-state index is 13.0. The van der Waals surface area contributed by atoms with Crippen molar-refractivity contribution >= 4 is 21.6 Å². The summed E-state index contributed by atoms with van der Waals surface area (Å²) in [5.74, 6) is 0.743. The zero-order chi connectivity index (χ0) is 18.8. The molecule has 1 aliphatic carbocycles. The number of anilines is 1. The Kier molecular flexibility index (Phi) is 5.43. The van der Waals surface area contributed by atoms with E-state index in [1.54, 1.807) is 14.0 Å². The molecule has 0 spiro atoms. The smallest absolute Gasteiger partial charge is 0.245 e. The highest BCUT2D eigenvalue weighted by molar-refractivity contribution is 7.89. The number of hydrogen-bond donors (Lipinski definition) is 2. The third-order valence-electron chi connectivity index (χ3n) is 5.13. The van der Waals surface area contributed by atoms with Crippen LogP contribution in [-0.4, -0.2) is 56.2 Å². The normalized spacial score (nSPS) is 20.4. The van der Waals surface area contributed by atoms with E-state index in [0.717, 1.165) is 18.5 Å². The van der Waals surface area contributed by atoms with Crippen molar-refractivity contribution in [3.05, 3.63) is 24.3 Å². The number of hydrogen-bond acceptors (Lipinski definition) is 5. The maximum Gasteiger partial charge on any atom is 0.245 e. The molecule has 1 aliphatic heterocycles. The van der Waals surface area contributed by atoms with Gasteiger partial charge >= 0.3 is 0 Å². The molecule has 1 saturated carbocycles. The molecular formula is C18H27N3O4S. The van der Waals surface area contributed by atoms with Crippen LogP contribution in [0.15, 0.2) is 24.3 Å². The molecule has 1 saturated heterocycles. The van der Waals surface area contributed by atoms with Crippen molar-refractivity contribution in [2.75, 3.05) is 31.3 Å². The highest BCUT2D eigenvalue weighted by Crippen LogP contribution is 2.31. The predicted octanol–water partition coefficient (Wildman–Crippen LogP) is 1.57. The van der Waals surface area contributed by atoms with Gasteiger partial charge in [0.05, 0.1) is 12.9 Å². The quantitative estimate of drug-likeness (QED) is 0.749. The minimum atomic E-state index is -3.24. The predicted molar refractivity (Wildman–Crippen MR) is 101 cm³/mol. The lowest BCUT2D eigenvalue weighted by Gasteiger charge is -2.41. The van der Waals surface area contributed by atoms with Crippen molar-refractivity contribution in [3.8, 4) is 5.75 Å². The molecule has 0 bridgehead atoms. The van der Waals surface area contributed by atoms with E-state index in [1.165, 1.54) is 4.31 Å². The van der Waals surface area contributed by atoms with Gasteiger partial charge in [0.15, 0.2) is 0 Å². The number of nitrogens with one attached hydrogen (secondary N) is 2. The number of carbonyl (C=O) groups excluding carboxylic acids is 1. The van der Waals surface area contributed by atoms with Crippen molar-refractivity contribution in [3.63, 3.8) is 0 Å². The lowest BCUT2D eigenvalue weighted by molar-refractivity contribution is -0.126. The van der Waals surface area contributed by atoms with Gasteiger partial charge in [0, 0.05) is 30.9 Å². The van der Waals surface area contributed by atoms with Gasteiger partial charge in [-0.1, -0.05) is 6.07 Å². The highest BCUT2D eigenvalue weighted by atomic mass is 32.2. The molecule has 1 aromatic rings. The SMILES string of the molecule is CCS(=O)(=O)N1CCC(Nc2cccc(OC)c2)(C(=O)NC2CC2)CC1. The van der Waals surface area contributed by atoms with Gasteiger partial charge < -0.3 is 15.4 Å². The molecule has 26 heavy (non-hydrogen) atoms. The largest absolute Gasteiger partial charge is 0.497 e. The van der Waals surface area contributed by atoms with Crippen LogP contribution in [0, 0.1) is 0 Å². The Morgan fingerprint density at radius 3 is 2.58 bits per heavy atom. The number of piperidine rings is 1. The van der Waals surface area contributed by atoms with E-state index >= 15 is 0 Å². The van der Waals surface area contributed by atoms with E-state index in [9.17, 15) is 13.2 Å². The van der Waals surface area contributed by atoms with Crippen LogP contribution < -0.4 is 15.4 Å². The summed E-state index contributed by atoms with van der Waals surface area (Å²) in [5, 5.41) is 6.46. The number of sulfonamides is 1. The number of carbonyl (C=O) groups is 1. The third kappa shape index (κ3) is 4.12. The van der Waals surface area contributed by atoms with Crippen LogP contribution in [0.2, 0.25) is 0 Å². The number of nitrogens with zero attached hydrogens (tertiary/aromatic N) is 1. The third-order valence-corrected chi connectivity index (χ3v) is 7.02. The van der Waals surface area contributed by atoms with E-state index in [4.69, 9.17) is 4.74 Å². The van der Waals surface area contributed by atoms with Crippen LogP contribution in [0.3, 0.4) is 0 Å². The molecule has 1 amide bonds. The van der Waals surface area contributed by atoms with Gasteiger partial charge in [-0.15, -0.1) is 0 Å². The van der Waals surface area contributed by atoms with Gasteiger partial charge in [0.1, 0.15) is 11.3 Å². The molecule has 144 valence electrons. The second-order valence-electron chi connectivity index (χ2n) is 6.99. The lowest BCUT2D eigenvalue weighted by atomic mass is 9.86. The number of methoxy groups -OCH3 is 1. The summed E-state index contributed by atoms with van der Waals surface area (Å²) in [4.78, 5) is 13.0. The van der Waals surface area contributed by atoms with Crippen molar-refractivity contribution in [1.82, 2.24) is 9.62 Å². The Hall–Kier alpha value is -1.80. The first-order chi connectivity index (χ1) is 12.4. The molecule has 2 fully saturated rings. The number of ether oxygens (including phenoxy) is 1. The van der Waals surface area contributed by atoms with Crippen LogP contribution >= 0.6 is 0 Å². The van der Waals surface area contributed by atoms with E-state index < -0.39 is 15.6 Å². The van der Waals surface area contributed by atoms with Crippen molar-refractivity contribution in [2.45, 2.75) is 44.2 Å². The summed E-state index contributed by atoms with van der Waals surface area (Å²) in [5.41, 5.74) is -0.0172. The first-order valence-corrected chi connectivity index (χ1v) is 10.7. The molecule has 2 N–H and O–H groups in total. The lowest BCUT2D eigenvalue weighted by Crippen LogP contribution is -2.59. The summed E-state index contributed by atoms with van der Waals surface area (Å²) in [6.45, 7) is 2.32. The highest BCUT2D eigenvalue weighted by Gasteiger charge is 2.44. The topological polar surface area (TPSA) is 87.7 Å². The first-order valence-electron chi connectivity index (χ1n) is 9.09. The molecule has 2 aliphatic rings. The summed E-state index contributed by atoms with van der Waals surface area (Å²) in [6, 6.07) is 7.71. The van der Waals surface area contributed by atoms with Crippen molar-refractivity contribution in [1.29, 1.82) is 0 Å². The number of amides is 1. The fraction of sp³-hybridized carbons (Fsp3) is 0.611. The average Bonchev–Trinajstić information content (AvgIpc) is 3.46. The standard InChI is InChI=1S/C18H27N3O4S/c1-3-26(23,24)21-11-9-18(10-12-21,17(22)19-14-7-8-14)20-15-5-4-6-16(13-15)25-2/h4-6,13-14,20H,3,7-12H2,1-2H3,(H,19,22). The summed E-state index contributed by atoms with van der Waals surface area (Å²) >= 11 is 0. The molecular weight excluding hydrogens is 354 g/mol.